The van der Waals surface area contributed by atoms with Crippen LogP contribution in [0.4, 0.5) is 0 Å². The van der Waals surface area contributed by atoms with E-state index < -0.39 is 6.10 Å². The molecule has 0 saturated heterocycles. The van der Waals surface area contributed by atoms with E-state index in [0.29, 0.717) is 28.8 Å². The molecule has 1 amide bonds. The number of rotatable bonds is 7. The van der Waals surface area contributed by atoms with Crippen LogP contribution >= 0.6 is 23.2 Å². The minimum absolute atomic E-state index is 0.278. The van der Waals surface area contributed by atoms with Crippen LogP contribution in [0.3, 0.4) is 0 Å². The van der Waals surface area contributed by atoms with Gasteiger partial charge in [0.05, 0.1) is 19.2 Å². The largest absolute Gasteiger partial charge is 0.497 e. The third-order valence-electron chi connectivity index (χ3n) is 3.54. The molecule has 0 aliphatic rings. The highest BCUT2D eigenvalue weighted by molar-refractivity contribution is 6.42. The topological polar surface area (TPSA) is 56.8 Å². The Morgan fingerprint density at radius 3 is 2.56 bits per heavy atom. The van der Waals surface area contributed by atoms with Gasteiger partial charge < -0.3 is 19.5 Å². The van der Waals surface area contributed by atoms with Gasteiger partial charge >= 0.3 is 0 Å². The molecule has 5 nitrogen and oxygen atoms in total. The highest BCUT2D eigenvalue weighted by atomic mass is 35.5. The lowest BCUT2D eigenvalue weighted by atomic mass is 10.2. The maximum Gasteiger partial charge on any atom is 0.261 e. The molecule has 2 aromatic carbocycles. The van der Waals surface area contributed by atoms with Gasteiger partial charge in [0.1, 0.15) is 22.3 Å². The molecular formula is C18H19Cl2NO4. The van der Waals surface area contributed by atoms with Crippen molar-refractivity contribution in [3.05, 3.63) is 52.0 Å². The third kappa shape index (κ3) is 4.94. The van der Waals surface area contributed by atoms with Crippen molar-refractivity contribution in [2.45, 2.75) is 19.6 Å². The zero-order chi connectivity index (χ0) is 18.4. The van der Waals surface area contributed by atoms with Gasteiger partial charge in [-0.15, -0.1) is 0 Å². The summed E-state index contributed by atoms with van der Waals surface area (Å²) in [6, 6.07) is 10.4. The van der Waals surface area contributed by atoms with E-state index >= 15 is 0 Å². The predicted octanol–water partition coefficient (Wildman–Crippen LogP) is 4.09. The average Bonchev–Trinajstić information content (AvgIpc) is 2.63. The Morgan fingerprint density at radius 1 is 1.12 bits per heavy atom. The normalized spacial score (nSPS) is 11.6. The lowest BCUT2D eigenvalue weighted by Crippen LogP contribution is -2.36. The molecule has 0 saturated carbocycles. The highest BCUT2D eigenvalue weighted by Gasteiger charge is 2.17. The van der Waals surface area contributed by atoms with Gasteiger partial charge in [0.2, 0.25) is 0 Å². The summed E-state index contributed by atoms with van der Waals surface area (Å²) in [6.07, 6.45) is -0.736. The van der Waals surface area contributed by atoms with Gasteiger partial charge in [0.15, 0.2) is 6.10 Å². The number of hydrogen-bond acceptors (Lipinski definition) is 4. The molecular weight excluding hydrogens is 365 g/mol. The Balaban J connectivity index is 1.99. The second-order valence-electron chi connectivity index (χ2n) is 5.21. The van der Waals surface area contributed by atoms with Crippen LogP contribution in [0.5, 0.6) is 17.2 Å². The van der Waals surface area contributed by atoms with Crippen LogP contribution in [0, 0.1) is 0 Å². The monoisotopic (exact) mass is 383 g/mol. The van der Waals surface area contributed by atoms with Gasteiger partial charge in [0, 0.05) is 18.2 Å². The van der Waals surface area contributed by atoms with Crippen LogP contribution in [-0.2, 0) is 11.3 Å². The standard InChI is InChI=1S/C18H19Cl2NO4/c1-11(25-15-6-4-5-14(19)17(15)20)18(22)21-10-12-7-8-13(23-2)9-16(12)24-3/h4-9,11H,10H2,1-3H3,(H,21,22). The highest BCUT2D eigenvalue weighted by Crippen LogP contribution is 2.32. The lowest BCUT2D eigenvalue weighted by Gasteiger charge is -2.17. The Hall–Kier alpha value is -2.11. The molecule has 0 aromatic heterocycles. The van der Waals surface area contributed by atoms with Gasteiger partial charge in [0.25, 0.3) is 5.91 Å². The number of carbonyl (C=O) groups excluding carboxylic acids is 1. The summed E-state index contributed by atoms with van der Waals surface area (Å²) >= 11 is 12.0. The van der Waals surface area contributed by atoms with Crippen LogP contribution < -0.4 is 19.5 Å². The minimum Gasteiger partial charge on any atom is -0.497 e. The molecule has 0 bridgehead atoms. The van der Waals surface area contributed by atoms with Crippen LogP contribution in [0.1, 0.15) is 12.5 Å². The first-order valence-corrected chi connectivity index (χ1v) is 8.31. The fourth-order valence-electron chi connectivity index (χ4n) is 2.14. The minimum atomic E-state index is -0.736. The maximum absolute atomic E-state index is 12.3. The Kier molecular flexibility index (Phi) is 6.79. The maximum atomic E-state index is 12.3. The molecule has 0 radical (unpaired) electrons. The van der Waals surface area contributed by atoms with Gasteiger partial charge in [-0.1, -0.05) is 29.3 Å². The Labute approximate surface area is 156 Å². The molecule has 1 unspecified atom stereocenters. The van der Waals surface area contributed by atoms with Crippen molar-refractivity contribution in [2.24, 2.45) is 0 Å². The Bertz CT molecular complexity index is 752. The molecule has 0 aliphatic carbocycles. The third-order valence-corrected chi connectivity index (χ3v) is 4.34. The van der Waals surface area contributed by atoms with Crippen LogP contribution in [0.25, 0.3) is 0 Å². The molecule has 1 atom stereocenters. The summed E-state index contributed by atoms with van der Waals surface area (Å²) in [7, 11) is 3.14. The van der Waals surface area contributed by atoms with Crippen molar-refractivity contribution < 1.29 is 19.0 Å². The summed E-state index contributed by atoms with van der Waals surface area (Å²) < 4.78 is 16.1. The number of nitrogens with one attached hydrogen (secondary N) is 1. The fourth-order valence-corrected chi connectivity index (χ4v) is 2.48. The van der Waals surface area contributed by atoms with E-state index in [9.17, 15) is 4.79 Å². The molecule has 25 heavy (non-hydrogen) atoms. The van der Waals surface area contributed by atoms with E-state index in [-0.39, 0.29) is 10.9 Å². The first kappa shape index (κ1) is 19.2. The second-order valence-corrected chi connectivity index (χ2v) is 5.99. The van der Waals surface area contributed by atoms with E-state index in [0.717, 1.165) is 5.56 Å². The van der Waals surface area contributed by atoms with Crippen molar-refractivity contribution in [1.29, 1.82) is 0 Å². The van der Waals surface area contributed by atoms with Crippen molar-refractivity contribution in [3.63, 3.8) is 0 Å². The summed E-state index contributed by atoms with van der Waals surface area (Å²) in [5.74, 6) is 1.39. The molecule has 0 fully saturated rings. The first-order valence-electron chi connectivity index (χ1n) is 7.55. The van der Waals surface area contributed by atoms with Crippen molar-refractivity contribution >= 4 is 29.1 Å². The molecule has 0 aliphatic heterocycles. The smallest absolute Gasteiger partial charge is 0.261 e. The van der Waals surface area contributed by atoms with Crippen molar-refractivity contribution in [3.8, 4) is 17.2 Å². The number of hydrogen-bond donors (Lipinski definition) is 1. The quantitative estimate of drug-likeness (QED) is 0.781. The lowest BCUT2D eigenvalue weighted by molar-refractivity contribution is -0.127. The molecule has 2 rings (SSSR count). The van der Waals surface area contributed by atoms with E-state index in [1.54, 1.807) is 51.5 Å². The van der Waals surface area contributed by atoms with Gasteiger partial charge in [-0.05, 0) is 31.2 Å². The molecule has 1 N–H and O–H groups in total. The van der Waals surface area contributed by atoms with Gasteiger partial charge in [-0.25, -0.2) is 0 Å². The second kappa shape index (κ2) is 8.83. The van der Waals surface area contributed by atoms with Crippen LogP contribution in [0.15, 0.2) is 36.4 Å². The van der Waals surface area contributed by atoms with Gasteiger partial charge in [-0.2, -0.15) is 0 Å². The SMILES string of the molecule is COc1ccc(CNC(=O)C(C)Oc2cccc(Cl)c2Cl)c(OC)c1. The predicted molar refractivity (Wildman–Crippen MR) is 97.9 cm³/mol. The van der Waals surface area contributed by atoms with Crippen LogP contribution in [-0.4, -0.2) is 26.2 Å². The summed E-state index contributed by atoms with van der Waals surface area (Å²) in [4.78, 5) is 12.3. The number of halogens is 2. The number of carbonyl (C=O) groups is 1. The van der Waals surface area contributed by atoms with E-state index in [1.165, 1.54) is 0 Å². The number of ether oxygens (including phenoxy) is 3. The zero-order valence-corrected chi connectivity index (χ0v) is 15.6. The van der Waals surface area contributed by atoms with Gasteiger partial charge in [-0.3, -0.25) is 4.79 Å². The zero-order valence-electron chi connectivity index (χ0n) is 14.1. The summed E-state index contributed by atoms with van der Waals surface area (Å²) in [6.45, 7) is 1.93. The van der Waals surface area contributed by atoms with Crippen molar-refractivity contribution in [2.75, 3.05) is 14.2 Å². The fraction of sp³-hybridized carbons (Fsp3) is 0.278. The summed E-state index contributed by atoms with van der Waals surface area (Å²) in [5.41, 5.74) is 0.824. The Morgan fingerprint density at radius 2 is 1.88 bits per heavy atom. The molecule has 0 heterocycles. The molecule has 7 heteroatoms. The first-order chi connectivity index (χ1) is 12.0. The average molecular weight is 384 g/mol. The van der Waals surface area contributed by atoms with Crippen molar-refractivity contribution in [1.82, 2.24) is 5.32 Å². The summed E-state index contributed by atoms with van der Waals surface area (Å²) in [5, 5.41) is 3.45. The number of methoxy groups -OCH3 is 2. The molecule has 2 aromatic rings. The molecule has 0 spiro atoms. The van der Waals surface area contributed by atoms with E-state index in [1.807, 2.05) is 6.07 Å². The van der Waals surface area contributed by atoms with Crippen LogP contribution in [0.2, 0.25) is 10.0 Å². The molecule has 134 valence electrons. The number of benzene rings is 2. The van der Waals surface area contributed by atoms with E-state index in [2.05, 4.69) is 5.32 Å². The van der Waals surface area contributed by atoms with E-state index in [4.69, 9.17) is 37.4 Å². The number of amides is 1.